The predicted molar refractivity (Wildman–Crippen MR) is 145 cm³/mol. The predicted octanol–water partition coefficient (Wildman–Crippen LogP) is 9.37. The zero-order valence-electron chi connectivity index (χ0n) is 20.3. The van der Waals surface area contributed by atoms with Gasteiger partial charge in [-0.25, -0.2) is 0 Å². The van der Waals surface area contributed by atoms with Crippen LogP contribution in [-0.4, -0.2) is 23.3 Å². The number of azo groups is 3. The quantitative estimate of drug-likeness (QED) is 0.229. The van der Waals surface area contributed by atoms with Crippen LogP contribution in [0.4, 0.5) is 37.9 Å². The van der Waals surface area contributed by atoms with E-state index in [0.29, 0.717) is 5.13 Å². The lowest BCUT2D eigenvalue weighted by Gasteiger charge is -2.13. The third-order valence-corrected chi connectivity index (χ3v) is 7.41. The SMILES string of the molecule is Cc1nnc(/N=N/c2ccc(/N=N/c3ccc(/N=N/c4ccc(N5CCCC5)s4)cc3C)cc2C)s1. The molecule has 2 aromatic heterocycles. The Balaban J connectivity index is 1.23. The van der Waals surface area contributed by atoms with Gasteiger partial charge in [0.1, 0.15) is 10.0 Å². The molecule has 2 aromatic carbocycles. The van der Waals surface area contributed by atoms with Crippen LogP contribution in [-0.2, 0) is 0 Å². The molecule has 11 heteroatoms. The molecule has 36 heavy (non-hydrogen) atoms. The van der Waals surface area contributed by atoms with Gasteiger partial charge >= 0.3 is 0 Å². The van der Waals surface area contributed by atoms with Crippen LogP contribution in [0.3, 0.4) is 0 Å². The lowest BCUT2D eigenvalue weighted by molar-refractivity contribution is 0.949. The molecule has 0 saturated carbocycles. The molecule has 0 amide bonds. The summed E-state index contributed by atoms with van der Waals surface area (Å²) in [4.78, 5) is 2.41. The fourth-order valence-electron chi connectivity index (χ4n) is 3.75. The van der Waals surface area contributed by atoms with E-state index in [-0.39, 0.29) is 0 Å². The minimum Gasteiger partial charge on any atom is -0.363 e. The number of anilines is 1. The van der Waals surface area contributed by atoms with Crippen LogP contribution < -0.4 is 4.90 Å². The smallest absolute Gasteiger partial charge is 0.251 e. The third-order valence-electron chi connectivity index (χ3n) is 5.65. The van der Waals surface area contributed by atoms with Gasteiger partial charge in [-0.3, -0.25) is 0 Å². The zero-order chi connectivity index (χ0) is 24.9. The Morgan fingerprint density at radius 1 is 0.667 bits per heavy atom. The molecule has 0 unspecified atom stereocenters. The van der Waals surface area contributed by atoms with Crippen molar-refractivity contribution in [2.75, 3.05) is 18.0 Å². The maximum absolute atomic E-state index is 4.43. The van der Waals surface area contributed by atoms with Gasteiger partial charge in [0, 0.05) is 13.1 Å². The van der Waals surface area contributed by atoms with Crippen LogP contribution in [0.5, 0.6) is 0 Å². The number of hydrogen-bond acceptors (Lipinski definition) is 11. The number of aromatic nitrogens is 2. The maximum atomic E-state index is 4.43. The summed E-state index contributed by atoms with van der Waals surface area (Å²) in [6, 6.07) is 15.6. The Labute approximate surface area is 217 Å². The molecule has 1 aliphatic heterocycles. The monoisotopic (exact) mass is 515 g/mol. The van der Waals surface area contributed by atoms with Crippen LogP contribution in [0.2, 0.25) is 0 Å². The Morgan fingerprint density at radius 3 is 1.92 bits per heavy atom. The fourth-order valence-corrected chi connectivity index (χ4v) is 5.14. The fraction of sp³-hybridized carbons (Fsp3) is 0.280. The summed E-state index contributed by atoms with van der Waals surface area (Å²) in [7, 11) is 0. The van der Waals surface area contributed by atoms with E-state index in [1.54, 1.807) is 11.3 Å². The number of rotatable bonds is 7. The van der Waals surface area contributed by atoms with E-state index in [9.17, 15) is 0 Å². The molecule has 0 bridgehead atoms. The van der Waals surface area contributed by atoms with Crippen molar-refractivity contribution in [3.8, 4) is 0 Å². The normalized spacial score (nSPS) is 14.2. The molecule has 5 rings (SSSR count). The van der Waals surface area contributed by atoms with Crippen LogP contribution >= 0.6 is 22.7 Å². The lowest BCUT2D eigenvalue weighted by atomic mass is 10.2. The van der Waals surface area contributed by atoms with Crippen molar-refractivity contribution in [2.24, 2.45) is 30.7 Å². The van der Waals surface area contributed by atoms with Gasteiger partial charge in [-0.15, -0.1) is 30.7 Å². The highest BCUT2D eigenvalue weighted by Gasteiger charge is 2.14. The van der Waals surface area contributed by atoms with E-state index in [4.69, 9.17) is 0 Å². The molecule has 4 aromatic rings. The van der Waals surface area contributed by atoms with Crippen molar-refractivity contribution in [1.29, 1.82) is 0 Å². The van der Waals surface area contributed by atoms with Crippen LogP contribution in [0.15, 0.2) is 79.2 Å². The van der Waals surface area contributed by atoms with Gasteiger partial charge in [-0.1, -0.05) is 22.7 Å². The lowest BCUT2D eigenvalue weighted by Crippen LogP contribution is -2.15. The summed E-state index contributed by atoms with van der Waals surface area (Å²) in [5.74, 6) is 0. The highest BCUT2D eigenvalue weighted by Crippen LogP contribution is 2.35. The maximum Gasteiger partial charge on any atom is 0.251 e. The van der Waals surface area contributed by atoms with Crippen molar-refractivity contribution in [2.45, 2.75) is 33.6 Å². The first kappa shape index (κ1) is 24.0. The van der Waals surface area contributed by atoms with Gasteiger partial charge in [-0.05, 0) is 93.3 Å². The molecule has 1 saturated heterocycles. The van der Waals surface area contributed by atoms with E-state index in [0.717, 1.165) is 57.0 Å². The topological polar surface area (TPSA) is 103 Å². The summed E-state index contributed by atoms with van der Waals surface area (Å²) in [5.41, 5.74) is 5.01. The summed E-state index contributed by atoms with van der Waals surface area (Å²) < 4.78 is 0. The van der Waals surface area contributed by atoms with E-state index in [1.165, 1.54) is 29.2 Å². The molecule has 1 fully saturated rings. The Morgan fingerprint density at radius 2 is 1.31 bits per heavy atom. The van der Waals surface area contributed by atoms with Gasteiger partial charge in [0.15, 0.2) is 0 Å². The van der Waals surface area contributed by atoms with Crippen molar-refractivity contribution in [3.05, 3.63) is 64.7 Å². The number of benzene rings is 2. The molecule has 9 nitrogen and oxygen atoms in total. The largest absolute Gasteiger partial charge is 0.363 e. The molecule has 0 N–H and O–H groups in total. The molecule has 0 radical (unpaired) electrons. The minimum absolute atomic E-state index is 0.538. The molecule has 3 heterocycles. The third kappa shape index (κ3) is 5.92. The second kappa shape index (κ2) is 10.9. The summed E-state index contributed by atoms with van der Waals surface area (Å²) in [6.45, 7) is 8.11. The molecular weight excluding hydrogens is 490 g/mol. The molecule has 1 aliphatic rings. The number of hydrogen-bond donors (Lipinski definition) is 0. The molecule has 182 valence electrons. The second-order valence-corrected chi connectivity index (χ2v) is 10.7. The van der Waals surface area contributed by atoms with Crippen LogP contribution in [0.1, 0.15) is 29.0 Å². The van der Waals surface area contributed by atoms with E-state index in [2.05, 4.69) is 51.8 Å². The molecule has 0 spiro atoms. The highest BCUT2D eigenvalue weighted by atomic mass is 32.1. The molecule has 0 atom stereocenters. The second-order valence-electron chi connectivity index (χ2n) is 8.45. The minimum atomic E-state index is 0.538. The number of thiophene rings is 1. The van der Waals surface area contributed by atoms with Gasteiger partial charge in [0.05, 0.1) is 27.8 Å². The van der Waals surface area contributed by atoms with E-state index >= 15 is 0 Å². The highest BCUT2D eigenvalue weighted by molar-refractivity contribution is 7.19. The van der Waals surface area contributed by atoms with E-state index in [1.807, 2.05) is 63.2 Å². The first-order valence-electron chi connectivity index (χ1n) is 11.6. The van der Waals surface area contributed by atoms with Crippen molar-refractivity contribution in [3.63, 3.8) is 0 Å². The van der Waals surface area contributed by atoms with Gasteiger partial charge < -0.3 is 4.90 Å². The first-order valence-corrected chi connectivity index (χ1v) is 13.3. The van der Waals surface area contributed by atoms with Gasteiger partial charge in [-0.2, -0.15) is 10.2 Å². The van der Waals surface area contributed by atoms with Crippen LogP contribution in [0.25, 0.3) is 0 Å². The van der Waals surface area contributed by atoms with Gasteiger partial charge in [0.25, 0.3) is 5.13 Å². The van der Waals surface area contributed by atoms with Gasteiger partial charge in [0.2, 0.25) is 0 Å². The summed E-state index contributed by atoms with van der Waals surface area (Å²) in [6.07, 6.45) is 2.53. The summed E-state index contributed by atoms with van der Waals surface area (Å²) in [5, 5.41) is 37.6. The number of aryl methyl sites for hydroxylation is 3. The Hall–Kier alpha value is -3.70. The van der Waals surface area contributed by atoms with Crippen molar-refractivity contribution < 1.29 is 0 Å². The average Bonchev–Trinajstić information content (AvgIpc) is 3.64. The zero-order valence-corrected chi connectivity index (χ0v) is 21.9. The Kier molecular flexibility index (Phi) is 7.28. The number of nitrogens with zero attached hydrogens (tertiary/aromatic N) is 9. The molecular formula is C25H25N9S2. The average molecular weight is 516 g/mol. The standard InChI is InChI=1S/C25H25N9S2/c1-16-15-20(28-31-23-10-11-24(36-23)34-12-4-5-13-34)7-8-21(16)29-27-19-6-9-22(17(2)14-19)30-33-25-32-26-18(3)35-25/h6-11,14-15H,4-5,12-13H2,1-3H3/b29-27+,31-28+,33-30+. The van der Waals surface area contributed by atoms with Crippen LogP contribution in [0, 0.1) is 20.8 Å². The van der Waals surface area contributed by atoms with Crippen molar-refractivity contribution >= 4 is 60.6 Å². The molecule has 0 aliphatic carbocycles. The van der Waals surface area contributed by atoms with E-state index < -0.39 is 0 Å². The summed E-state index contributed by atoms with van der Waals surface area (Å²) >= 11 is 3.08. The van der Waals surface area contributed by atoms with Crippen molar-refractivity contribution in [1.82, 2.24) is 10.2 Å². The first-order chi connectivity index (χ1) is 17.5. The Bertz CT molecular complexity index is 1450.